The number of rotatable bonds is 3. The van der Waals surface area contributed by atoms with Crippen LogP contribution in [0.1, 0.15) is 46.0 Å². The van der Waals surface area contributed by atoms with Crippen molar-refractivity contribution in [1.29, 1.82) is 0 Å². The number of hydrogen-bond acceptors (Lipinski definition) is 2. The van der Waals surface area contributed by atoms with Crippen molar-refractivity contribution in [2.24, 2.45) is 5.92 Å². The van der Waals surface area contributed by atoms with Crippen LogP contribution in [-0.2, 0) is 9.53 Å². The first-order valence-electron chi connectivity index (χ1n) is 4.93. The van der Waals surface area contributed by atoms with Gasteiger partial charge in [0.2, 0.25) is 0 Å². The van der Waals surface area contributed by atoms with Gasteiger partial charge in [-0.1, -0.05) is 19.8 Å². The van der Waals surface area contributed by atoms with E-state index in [1.165, 1.54) is 25.7 Å². The van der Waals surface area contributed by atoms with E-state index in [4.69, 9.17) is 4.74 Å². The molecule has 0 saturated heterocycles. The van der Waals surface area contributed by atoms with Crippen molar-refractivity contribution in [2.45, 2.75) is 52.1 Å². The van der Waals surface area contributed by atoms with Crippen molar-refractivity contribution in [3.8, 4) is 0 Å². The van der Waals surface area contributed by atoms with E-state index in [-0.39, 0.29) is 12.1 Å². The van der Waals surface area contributed by atoms with Gasteiger partial charge in [0.15, 0.2) is 0 Å². The van der Waals surface area contributed by atoms with Crippen LogP contribution in [0.2, 0.25) is 0 Å². The van der Waals surface area contributed by atoms with Crippen LogP contribution in [0, 0.1) is 5.92 Å². The molecule has 2 nitrogen and oxygen atoms in total. The molecule has 2 heteroatoms. The second-order valence-electron chi connectivity index (χ2n) is 3.59. The Balaban J connectivity index is 2.26. The maximum absolute atomic E-state index is 11.0. The fourth-order valence-electron chi connectivity index (χ4n) is 1.81. The first-order valence-corrected chi connectivity index (χ1v) is 4.93. The minimum atomic E-state index is -0.0607. The summed E-state index contributed by atoms with van der Waals surface area (Å²) < 4.78 is 5.24. The first kappa shape index (κ1) is 9.56. The standard InChI is InChI=1S/C10H18O2/c1-3-10(11)12-8(2)9-6-4-5-7-9/h8-9H,3-7H2,1-2H3. The molecule has 1 aliphatic rings. The summed E-state index contributed by atoms with van der Waals surface area (Å²) in [6, 6.07) is 0. The lowest BCUT2D eigenvalue weighted by Crippen LogP contribution is -2.21. The predicted molar refractivity (Wildman–Crippen MR) is 47.8 cm³/mol. The highest BCUT2D eigenvalue weighted by atomic mass is 16.5. The van der Waals surface area contributed by atoms with Crippen molar-refractivity contribution in [1.82, 2.24) is 0 Å². The van der Waals surface area contributed by atoms with E-state index < -0.39 is 0 Å². The molecule has 0 aromatic carbocycles. The molecular weight excluding hydrogens is 152 g/mol. The molecule has 0 aliphatic heterocycles. The summed E-state index contributed by atoms with van der Waals surface area (Å²) >= 11 is 0. The number of carbonyl (C=O) groups is 1. The highest BCUT2D eigenvalue weighted by Gasteiger charge is 2.23. The number of hydrogen-bond donors (Lipinski definition) is 0. The van der Waals surface area contributed by atoms with Crippen LogP contribution < -0.4 is 0 Å². The molecule has 1 aliphatic carbocycles. The van der Waals surface area contributed by atoms with E-state index in [9.17, 15) is 4.79 Å². The zero-order chi connectivity index (χ0) is 8.97. The molecule has 0 amide bonds. The third-order valence-corrected chi connectivity index (χ3v) is 2.67. The Hall–Kier alpha value is -0.530. The zero-order valence-electron chi connectivity index (χ0n) is 8.01. The molecule has 0 aromatic rings. The highest BCUT2D eigenvalue weighted by Crippen LogP contribution is 2.29. The lowest BCUT2D eigenvalue weighted by molar-refractivity contribution is -0.150. The smallest absolute Gasteiger partial charge is 0.305 e. The van der Waals surface area contributed by atoms with Gasteiger partial charge in [0.05, 0.1) is 0 Å². The molecule has 0 N–H and O–H groups in total. The minimum absolute atomic E-state index is 0.0607. The van der Waals surface area contributed by atoms with Gasteiger partial charge in [-0.2, -0.15) is 0 Å². The van der Waals surface area contributed by atoms with Crippen LogP contribution in [-0.4, -0.2) is 12.1 Å². The summed E-state index contributed by atoms with van der Waals surface area (Å²) in [5, 5.41) is 0. The quantitative estimate of drug-likeness (QED) is 0.608. The average Bonchev–Trinajstić information content (AvgIpc) is 2.56. The Morgan fingerprint density at radius 3 is 2.58 bits per heavy atom. The van der Waals surface area contributed by atoms with E-state index in [0.717, 1.165) is 0 Å². The Kier molecular flexibility index (Phi) is 3.57. The van der Waals surface area contributed by atoms with Gasteiger partial charge in [-0.25, -0.2) is 0 Å². The second kappa shape index (κ2) is 4.48. The van der Waals surface area contributed by atoms with Crippen LogP contribution in [0.4, 0.5) is 0 Å². The van der Waals surface area contributed by atoms with Crippen LogP contribution >= 0.6 is 0 Å². The van der Waals surface area contributed by atoms with E-state index in [2.05, 4.69) is 0 Å². The van der Waals surface area contributed by atoms with E-state index in [0.29, 0.717) is 12.3 Å². The molecule has 1 rings (SSSR count). The molecule has 0 radical (unpaired) electrons. The van der Waals surface area contributed by atoms with Gasteiger partial charge >= 0.3 is 5.97 Å². The van der Waals surface area contributed by atoms with E-state index in [1.54, 1.807) is 0 Å². The van der Waals surface area contributed by atoms with Gasteiger partial charge in [-0.05, 0) is 25.7 Å². The summed E-state index contributed by atoms with van der Waals surface area (Å²) in [5.74, 6) is 0.565. The molecule has 1 unspecified atom stereocenters. The monoisotopic (exact) mass is 170 g/mol. The Morgan fingerprint density at radius 2 is 2.08 bits per heavy atom. The molecule has 12 heavy (non-hydrogen) atoms. The summed E-state index contributed by atoms with van der Waals surface area (Å²) in [5.41, 5.74) is 0. The third kappa shape index (κ3) is 2.50. The number of carbonyl (C=O) groups excluding carboxylic acids is 1. The molecule has 70 valence electrons. The van der Waals surface area contributed by atoms with Crippen molar-refractivity contribution in [2.75, 3.05) is 0 Å². The van der Waals surface area contributed by atoms with Gasteiger partial charge in [0.1, 0.15) is 6.10 Å². The predicted octanol–water partition coefficient (Wildman–Crippen LogP) is 2.52. The lowest BCUT2D eigenvalue weighted by atomic mass is 10.0. The summed E-state index contributed by atoms with van der Waals surface area (Å²) in [6.07, 6.45) is 5.71. The maximum Gasteiger partial charge on any atom is 0.305 e. The SMILES string of the molecule is CCC(=O)OC(C)C1CCCC1. The van der Waals surface area contributed by atoms with Crippen molar-refractivity contribution < 1.29 is 9.53 Å². The van der Waals surface area contributed by atoms with Crippen molar-refractivity contribution in [3.63, 3.8) is 0 Å². The van der Waals surface area contributed by atoms with Gasteiger partial charge in [0, 0.05) is 6.42 Å². The van der Waals surface area contributed by atoms with Crippen LogP contribution in [0.5, 0.6) is 0 Å². The molecule has 0 aromatic heterocycles. The number of esters is 1. The molecule has 1 atom stereocenters. The van der Waals surface area contributed by atoms with Crippen molar-refractivity contribution >= 4 is 5.97 Å². The third-order valence-electron chi connectivity index (χ3n) is 2.67. The molecule has 0 heterocycles. The summed E-state index contributed by atoms with van der Waals surface area (Å²) in [6.45, 7) is 3.85. The largest absolute Gasteiger partial charge is 0.462 e. The van der Waals surface area contributed by atoms with E-state index >= 15 is 0 Å². The first-order chi connectivity index (χ1) is 5.74. The molecular formula is C10H18O2. The normalized spacial score (nSPS) is 20.8. The molecule has 1 fully saturated rings. The van der Waals surface area contributed by atoms with Gasteiger partial charge in [0.25, 0.3) is 0 Å². The fraction of sp³-hybridized carbons (Fsp3) is 0.900. The van der Waals surface area contributed by atoms with Gasteiger partial charge < -0.3 is 4.74 Å². The average molecular weight is 170 g/mol. The Bertz CT molecular complexity index is 148. The lowest BCUT2D eigenvalue weighted by Gasteiger charge is -2.18. The van der Waals surface area contributed by atoms with E-state index in [1.807, 2.05) is 13.8 Å². The summed E-state index contributed by atoms with van der Waals surface area (Å²) in [4.78, 5) is 11.0. The zero-order valence-corrected chi connectivity index (χ0v) is 8.01. The van der Waals surface area contributed by atoms with Gasteiger partial charge in [-0.3, -0.25) is 4.79 Å². The number of ether oxygens (including phenoxy) is 1. The topological polar surface area (TPSA) is 26.3 Å². The van der Waals surface area contributed by atoms with Gasteiger partial charge in [-0.15, -0.1) is 0 Å². The summed E-state index contributed by atoms with van der Waals surface area (Å²) in [7, 11) is 0. The Morgan fingerprint density at radius 1 is 1.50 bits per heavy atom. The van der Waals surface area contributed by atoms with Crippen LogP contribution in [0.15, 0.2) is 0 Å². The minimum Gasteiger partial charge on any atom is -0.462 e. The molecule has 0 bridgehead atoms. The highest BCUT2D eigenvalue weighted by molar-refractivity contribution is 5.69. The molecule has 1 saturated carbocycles. The van der Waals surface area contributed by atoms with Crippen LogP contribution in [0.3, 0.4) is 0 Å². The molecule has 0 spiro atoms. The maximum atomic E-state index is 11.0. The fourth-order valence-corrected chi connectivity index (χ4v) is 1.81. The second-order valence-corrected chi connectivity index (χ2v) is 3.59. The van der Waals surface area contributed by atoms with Crippen LogP contribution in [0.25, 0.3) is 0 Å². The van der Waals surface area contributed by atoms with Crippen molar-refractivity contribution in [3.05, 3.63) is 0 Å². The Labute approximate surface area is 74.3 Å².